The van der Waals surface area contributed by atoms with Crippen LogP contribution in [0.25, 0.3) is 0 Å². The third kappa shape index (κ3) is 1.92. The fourth-order valence-corrected chi connectivity index (χ4v) is 1.30. The van der Waals surface area contributed by atoms with E-state index in [1.165, 1.54) is 5.56 Å². The SMILES string of the molecule is NNc1ccn(Cc2ccccc2)n1. The molecule has 0 unspecified atom stereocenters. The summed E-state index contributed by atoms with van der Waals surface area (Å²) < 4.78 is 1.84. The quantitative estimate of drug-likeness (QED) is 0.562. The van der Waals surface area contributed by atoms with Crippen molar-refractivity contribution in [2.24, 2.45) is 5.84 Å². The Morgan fingerprint density at radius 2 is 2.00 bits per heavy atom. The molecule has 4 nitrogen and oxygen atoms in total. The van der Waals surface area contributed by atoms with E-state index in [0.29, 0.717) is 5.82 Å². The molecule has 0 aliphatic heterocycles. The van der Waals surface area contributed by atoms with Gasteiger partial charge in [-0.2, -0.15) is 5.10 Å². The van der Waals surface area contributed by atoms with Crippen molar-refractivity contribution in [3.63, 3.8) is 0 Å². The van der Waals surface area contributed by atoms with Gasteiger partial charge in [-0.05, 0) is 5.56 Å². The maximum Gasteiger partial charge on any atom is 0.161 e. The van der Waals surface area contributed by atoms with Crippen molar-refractivity contribution in [3.8, 4) is 0 Å². The van der Waals surface area contributed by atoms with Gasteiger partial charge >= 0.3 is 0 Å². The molecule has 4 heteroatoms. The maximum atomic E-state index is 5.23. The van der Waals surface area contributed by atoms with Crippen LogP contribution in [0.5, 0.6) is 0 Å². The molecule has 0 saturated carbocycles. The zero-order chi connectivity index (χ0) is 9.80. The van der Waals surface area contributed by atoms with Crippen LogP contribution in [-0.4, -0.2) is 9.78 Å². The van der Waals surface area contributed by atoms with Gasteiger partial charge in [0.15, 0.2) is 5.82 Å². The number of hydrogen-bond acceptors (Lipinski definition) is 3. The first-order valence-electron chi connectivity index (χ1n) is 4.42. The lowest BCUT2D eigenvalue weighted by molar-refractivity contribution is 0.688. The second-order valence-electron chi connectivity index (χ2n) is 3.03. The highest BCUT2D eigenvalue weighted by Crippen LogP contribution is 2.04. The summed E-state index contributed by atoms with van der Waals surface area (Å²) in [6, 6.07) is 12.0. The Morgan fingerprint density at radius 3 is 2.64 bits per heavy atom. The Hall–Kier alpha value is -1.81. The zero-order valence-electron chi connectivity index (χ0n) is 7.72. The molecule has 1 heterocycles. The Bertz CT molecular complexity index is 394. The molecular weight excluding hydrogens is 176 g/mol. The first kappa shape index (κ1) is 8.77. The highest BCUT2D eigenvalue weighted by Gasteiger charge is 1.96. The van der Waals surface area contributed by atoms with E-state index >= 15 is 0 Å². The first-order valence-corrected chi connectivity index (χ1v) is 4.42. The highest BCUT2D eigenvalue weighted by molar-refractivity contribution is 5.30. The Kier molecular flexibility index (Phi) is 2.46. The molecule has 0 radical (unpaired) electrons. The summed E-state index contributed by atoms with van der Waals surface area (Å²) in [4.78, 5) is 0. The molecule has 1 aromatic carbocycles. The molecule has 0 saturated heterocycles. The van der Waals surface area contributed by atoms with E-state index < -0.39 is 0 Å². The second-order valence-corrected chi connectivity index (χ2v) is 3.03. The number of nitrogens with zero attached hydrogens (tertiary/aromatic N) is 2. The van der Waals surface area contributed by atoms with Gasteiger partial charge in [0, 0.05) is 12.3 Å². The molecule has 0 spiro atoms. The molecule has 2 aromatic rings. The number of nitrogens with two attached hydrogens (primary N) is 1. The van der Waals surface area contributed by atoms with Gasteiger partial charge in [-0.3, -0.25) is 4.68 Å². The second kappa shape index (κ2) is 3.93. The number of nitrogens with one attached hydrogen (secondary N) is 1. The number of hydrazine groups is 1. The third-order valence-corrected chi connectivity index (χ3v) is 1.98. The van der Waals surface area contributed by atoms with E-state index in [4.69, 9.17) is 5.84 Å². The van der Waals surface area contributed by atoms with Crippen molar-refractivity contribution < 1.29 is 0 Å². The number of nitrogen functional groups attached to an aromatic ring is 1. The minimum atomic E-state index is 0.681. The van der Waals surface area contributed by atoms with Gasteiger partial charge in [-0.15, -0.1) is 0 Å². The lowest BCUT2D eigenvalue weighted by Crippen LogP contribution is -2.08. The molecule has 0 amide bonds. The summed E-state index contributed by atoms with van der Waals surface area (Å²) >= 11 is 0. The molecule has 1 aromatic heterocycles. The van der Waals surface area contributed by atoms with Gasteiger partial charge in [-0.1, -0.05) is 30.3 Å². The number of hydrogen-bond donors (Lipinski definition) is 2. The van der Waals surface area contributed by atoms with E-state index in [2.05, 4.69) is 22.7 Å². The first-order chi connectivity index (χ1) is 6.88. The summed E-state index contributed by atoms with van der Waals surface area (Å²) in [5.74, 6) is 5.91. The van der Waals surface area contributed by atoms with Crippen LogP contribution < -0.4 is 11.3 Å². The summed E-state index contributed by atoms with van der Waals surface area (Å²) in [6.45, 7) is 0.766. The third-order valence-electron chi connectivity index (χ3n) is 1.98. The fourth-order valence-electron chi connectivity index (χ4n) is 1.30. The molecule has 0 bridgehead atoms. The number of rotatable bonds is 3. The predicted octanol–water partition coefficient (Wildman–Crippen LogP) is 1.22. The Balaban J connectivity index is 2.11. The number of aromatic nitrogens is 2. The smallest absolute Gasteiger partial charge is 0.161 e. The van der Waals surface area contributed by atoms with Crippen LogP contribution >= 0.6 is 0 Å². The Morgan fingerprint density at radius 1 is 1.21 bits per heavy atom. The number of anilines is 1. The Labute approximate surface area is 82.3 Å². The van der Waals surface area contributed by atoms with Crippen molar-refractivity contribution in [3.05, 3.63) is 48.2 Å². The summed E-state index contributed by atoms with van der Waals surface area (Å²) in [5.41, 5.74) is 3.72. The maximum absolute atomic E-state index is 5.23. The van der Waals surface area contributed by atoms with Crippen LogP contribution in [0.1, 0.15) is 5.56 Å². The van der Waals surface area contributed by atoms with Gasteiger partial charge in [0.1, 0.15) is 0 Å². The standard InChI is InChI=1S/C10H12N4/c11-12-10-6-7-14(13-10)8-9-4-2-1-3-5-9/h1-7H,8,11H2,(H,12,13). The normalized spacial score (nSPS) is 10.1. The molecule has 3 N–H and O–H groups in total. The molecule has 72 valence electrons. The largest absolute Gasteiger partial charge is 0.307 e. The zero-order valence-corrected chi connectivity index (χ0v) is 7.72. The molecule has 14 heavy (non-hydrogen) atoms. The lowest BCUT2D eigenvalue weighted by Gasteiger charge is -2.00. The van der Waals surface area contributed by atoms with Gasteiger partial charge in [0.2, 0.25) is 0 Å². The van der Waals surface area contributed by atoms with Gasteiger partial charge in [-0.25, -0.2) is 5.84 Å². The topological polar surface area (TPSA) is 55.9 Å². The van der Waals surface area contributed by atoms with Crippen molar-refractivity contribution in [2.75, 3.05) is 5.43 Å². The van der Waals surface area contributed by atoms with Crippen molar-refractivity contribution in [2.45, 2.75) is 6.54 Å². The van der Waals surface area contributed by atoms with Crippen LogP contribution in [0.15, 0.2) is 42.6 Å². The average Bonchev–Trinajstić information content (AvgIpc) is 2.67. The van der Waals surface area contributed by atoms with Crippen LogP contribution in [0.2, 0.25) is 0 Å². The molecule has 0 atom stereocenters. The minimum absolute atomic E-state index is 0.681. The molecular formula is C10H12N4. The van der Waals surface area contributed by atoms with E-state index in [-0.39, 0.29) is 0 Å². The van der Waals surface area contributed by atoms with Crippen LogP contribution in [0.3, 0.4) is 0 Å². The van der Waals surface area contributed by atoms with E-state index in [0.717, 1.165) is 6.54 Å². The predicted molar refractivity (Wildman–Crippen MR) is 55.6 cm³/mol. The van der Waals surface area contributed by atoms with Gasteiger partial charge < -0.3 is 5.43 Å². The number of benzene rings is 1. The molecule has 0 aliphatic rings. The molecule has 2 rings (SSSR count). The van der Waals surface area contributed by atoms with Gasteiger partial charge in [0.25, 0.3) is 0 Å². The van der Waals surface area contributed by atoms with Crippen molar-refractivity contribution in [1.29, 1.82) is 0 Å². The van der Waals surface area contributed by atoms with Crippen molar-refractivity contribution in [1.82, 2.24) is 9.78 Å². The van der Waals surface area contributed by atoms with Gasteiger partial charge in [0.05, 0.1) is 6.54 Å². The highest BCUT2D eigenvalue weighted by atomic mass is 15.4. The summed E-state index contributed by atoms with van der Waals surface area (Å²) in [5, 5.41) is 4.20. The van der Waals surface area contributed by atoms with Crippen LogP contribution in [-0.2, 0) is 6.54 Å². The monoisotopic (exact) mass is 188 g/mol. The average molecular weight is 188 g/mol. The summed E-state index contributed by atoms with van der Waals surface area (Å²) in [6.07, 6.45) is 1.89. The van der Waals surface area contributed by atoms with Crippen molar-refractivity contribution >= 4 is 5.82 Å². The lowest BCUT2D eigenvalue weighted by atomic mass is 10.2. The van der Waals surface area contributed by atoms with E-state index in [1.807, 2.05) is 35.1 Å². The van der Waals surface area contributed by atoms with Crippen LogP contribution in [0.4, 0.5) is 5.82 Å². The van der Waals surface area contributed by atoms with E-state index in [1.54, 1.807) is 0 Å². The molecule has 0 aliphatic carbocycles. The minimum Gasteiger partial charge on any atom is -0.307 e. The fraction of sp³-hybridized carbons (Fsp3) is 0.100. The molecule has 0 fully saturated rings. The van der Waals surface area contributed by atoms with Crippen LogP contribution in [0, 0.1) is 0 Å². The van der Waals surface area contributed by atoms with E-state index in [9.17, 15) is 0 Å². The summed E-state index contributed by atoms with van der Waals surface area (Å²) in [7, 11) is 0.